The van der Waals surface area contributed by atoms with Gasteiger partial charge in [0.25, 0.3) is 0 Å². The molecule has 0 aliphatic heterocycles. The van der Waals surface area contributed by atoms with Crippen LogP contribution in [0.3, 0.4) is 0 Å². The first-order valence-corrected chi connectivity index (χ1v) is 6.14. The molecule has 0 fully saturated rings. The Hall–Kier alpha value is -1.29. The van der Waals surface area contributed by atoms with Gasteiger partial charge in [-0.05, 0) is 39.3 Å². The standard InChI is InChI=1S/C13H22N2O2/c1-5-9(2)14-13(16)11(4)15-10(3)12-7-6-8-17-12/h6-11,15H,5H2,1-4H3,(H,14,16). The molecule has 1 amide bonds. The minimum Gasteiger partial charge on any atom is -0.468 e. The highest BCUT2D eigenvalue weighted by molar-refractivity contribution is 5.81. The lowest BCUT2D eigenvalue weighted by Gasteiger charge is -2.20. The maximum absolute atomic E-state index is 11.8. The maximum Gasteiger partial charge on any atom is 0.237 e. The van der Waals surface area contributed by atoms with E-state index in [0.717, 1.165) is 12.2 Å². The van der Waals surface area contributed by atoms with Crippen LogP contribution in [0.15, 0.2) is 22.8 Å². The summed E-state index contributed by atoms with van der Waals surface area (Å²) >= 11 is 0. The number of hydrogen-bond donors (Lipinski definition) is 2. The summed E-state index contributed by atoms with van der Waals surface area (Å²) in [6, 6.07) is 3.76. The van der Waals surface area contributed by atoms with Gasteiger partial charge in [-0.25, -0.2) is 0 Å². The van der Waals surface area contributed by atoms with E-state index in [4.69, 9.17) is 4.42 Å². The van der Waals surface area contributed by atoms with Crippen LogP contribution in [-0.4, -0.2) is 18.0 Å². The lowest BCUT2D eigenvalue weighted by atomic mass is 10.2. The summed E-state index contributed by atoms with van der Waals surface area (Å²) in [7, 11) is 0. The molecule has 4 heteroatoms. The summed E-state index contributed by atoms with van der Waals surface area (Å²) in [6.45, 7) is 7.89. The van der Waals surface area contributed by atoms with Crippen molar-refractivity contribution in [1.29, 1.82) is 0 Å². The van der Waals surface area contributed by atoms with E-state index in [1.165, 1.54) is 0 Å². The van der Waals surface area contributed by atoms with Crippen LogP contribution in [0.25, 0.3) is 0 Å². The first-order valence-electron chi connectivity index (χ1n) is 6.14. The van der Waals surface area contributed by atoms with Crippen molar-refractivity contribution in [2.24, 2.45) is 0 Å². The van der Waals surface area contributed by atoms with Crippen molar-refractivity contribution < 1.29 is 9.21 Å². The fourth-order valence-corrected chi connectivity index (χ4v) is 1.54. The van der Waals surface area contributed by atoms with Gasteiger partial charge >= 0.3 is 0 Å². The van der Waals surface area contributed by atoms with Crippen LogP contribution in [0.1, 0.15) is 45.9 Å². The van der Waals surface area contributed by atoms with E-state index in [0.29, 0.717) is 0 Å². The van der Waals surface area contributed by atoms with Gasteiger partial charge in [-0.3, -0.25) is 10.1 Å². The second kappa shape index (κ2) is 6.45. The predicted molar refractivity (Wildman–Crippen MR) is 67.6 cm³/mol. The van der Waals surface area contributed by atoms with E-state index in [2.05, 4.69) is 17.6 Å². The molecule has 1 heterocycles. The average molecular weight is 238 g/mol. The number of hydrogen-bond acceptors (Lipinski definition) is 3. The third-order valence-electron chi connectivity index (χ3n) is 2.86. The Morgan fingerprint density at radius 3 is 2.65 bits per heavy atom. The molecule has 1 aromatic rings. The minimum absolute atomic E-state index is 0.0257. The molecule has 1 aromatic heterocycles. The summed E-state index contributed by atoms with van der Waals surface area (Å²) in [4.78, 5) is 11.8. The molecule has 4 nitrogen and oxygen atoms in total. The highest BCUT2D eigenvalue weighted by Crippen LogP contribution is 2.12. The number of carbonyl (C=O) groups is 1. The monoisotopic (exact) mass is 238 g/mol. The summed E-state index contributed by atoms with van der Waals surface area (Å²) in [5.41, 5.74) is 0. The zero-order valence-corrected chi connectivity index (χ0v) is 11.0. The maximum atomic E-state index is 11.8. The smallest absolute Gasteiger partial charge is 0.237 e. The zero-order chi connectivity index (χ0) is 12.8. The molecular weight excluding hydrogens is 216 g/mol. The van der Waals surface area contributed by atoms with Gasteiger partial charge in [0.2, 0.25) is 5.91 Å². The average Bonchev–Trinajstić information content (AvgIpc) is 2.82. The Balaban J connectivity index is 2.43. The molecule has 3 atom stereocenters. The summed E-state index contributed by atoms with van der Waals surface area (Å²) in [6.07, 6.45) is 2.57. The summed E-state index contributed by atoms with van der Waals surface area (Å²) < 4.78 is 5.28. The van der Waals surface area contributed by atoms with Gasteiger partial charge in [-0.15, -0.1) is 0 Å². The fraction of sp³-hybridized carbons (Fsp3) is 0.615. The number of furan rings is 1. The first-order chi connectivity index (χ1) is 8.04. The fourth-order valence-electron chi connectivity index (χ4n) is 1.54. The number of carbonyl (C=O) groups excluding carboxylic acids is 1. The van der Waals surface area contributed by atoms with Crippen molar-refractivity contribution in [2.45, 2.75) is 52.2 Å². The van der Waals surface area contributed by atoms with Crippen molar-refractivity contribution in [3.05, 3.63) is 24.2 Å². The van der Waals surface area contributed by atoms with Gasteiger partial charge < -0.3 is 9.73 Å². The lowest BCUT2D eigenvalue weighted by Crippen LogP contribution is -2.45. The Morgan fingerprint density at radius 2 is 2.12 bits per heavy atom. The highest BCUT2D eigenvalue weighted by atomic mass is 16.3. The Labute approximate surface area is 103 Å². The zero-order valence-electron chi connectivity index (χ0n) is 11.0. The summed E-state index contributed by atoms with van der Waals surface area (Å²) in [5, 5.41) is 6.15. The molecule has 0 aliphatic carbocycles. The lowest BCUT2D eigenvalue weighted by molar-refractivity contribution is -0.123. The molecule has 0 bridgehead atoms. The Morgan fingerprint density at radius 1 is 1.41 bits per heavy atom. The van der Waals surface area contributed by atoms with Crippen molar-refractivity contribution in [3.63, 3.8) is 0 Å². The van der Waals surface area contributed by atoms with Crippen LogP contribution in [-0.2, 0) is 4.79 Å². The third-order valence-corrected chi connectivity index (χ3v) is 2.86. The van der Waals surface area contributed by atoms with Crippen molar-refractivity contribution in [1.82, 2.24) is 10.6 Å². The number of nitrogens with one attached hydrogen (secondary N) is 2. The van der Waals surface area contributed by atoms with E-state index < -0.39 is 0 Å². The quantitative estimate of drug-likeness (QED) is 0.799. The van der Waals surface area contributed by atoms with Crippen molar-refractivity contribution in [3.8, 4) is 0 Å². The normalized spacial score (nSPS) is 16.2. The highest BCUT2D eigenvalue weighted by Gasteiger charge is 2.18. The molecular formula is C13H22N2O2. The minimum atomic E-state index is -0.232. The summed E-state index contributed by atoms with van der Waals surface area (Å²) in [5.74, 6) is 0.867. The number of rotatable bonds is 6. The molecule has 0 saturated heterocycles. The predicted octanol–water partition coefficient (Wildman–Crippen LogP) is 2.23. The Bertz CT molecular complexity index is 335. The third kappa shape index (κ3) is 4.23. The van der Waals surface area contributed by atoms with Crippen LogP contribution in [0.5, 0.6) is 0 Å². The molecule has 0 spiro atoms. The van der Waals surface area contributed by atoms with Crippen LogP contribution in [0.2, 0.25) is 0 Å². The van der Waals surface area contributed by atoms with Gasteiger partial charge in [0.15, 0.2) is 0 Å². The van der Waals surface area contributed by atoms with Crippen LogP contribution in [0.4, 0.5) is 0 Å². The van der Waals surface area contributed by atoms with Crippen molar-refractivity contribution >= 4 is 5.91 Å². The topological polar surface area (TPSA) is 54.3 Å². The van der Waals surface area contributed by atoms with Gasteiger partial charge in [0, 0.05) is 6.04 Å². The van der Waals surface area contributed by atoms with Crippen molar-refractivity contribution in [2.75, 3.05) is 0 Å². The SMILES string of the molecule is CCC(C)NC(=O)C(C)NC(C)c1ccco1. The second-order valence-corrected chi connectivity index (χ2v) is 4.44. The molecule has 1 rings (SSSR count). The van der Waals surface area contributed by atoms with E-state index in [-0.39, 0.29) is 24.0 Å². The molecule has 0 saturated carbocycles. The molecule has 0 aliphatic rings. The van der Waals surface area contributed by atoms with E-state index in [1.54, 1.807) is 6.26 Å². The molecule has 3 unspecified atom stereocenters. The van der Waals surface area contributed by atoms with Crippen LogP contribution in [0, 0.1) is 0 Å². The van der Waals surface area contributed by atoms with Gasteiger partial charge in [-0.2, -0.15) is 0 Å². The van der Waals surface area contributed by atoms with Gasteiger partial charge in [0.1, 0.15) is 5.76 Å². The molecule has 96 valence electrons. The van der Waals surface area contributed by atoms with E-state index >= 15 is 0 Å². The van der Waals surface area contributed by atoms with E-state index in [1.807, 2.05) is 32.9 Å². The van der Waals surface area contributed by atoms with Gasteiger partial charge in [0.05, 0.1) is 18.3 Å². The molecule has 17 heavy (non-hydrogen) atoms. The van der Waals surface area contributed by atoms with Gasteiger partial charge in [-0.1, -0.05) is 6.92 Å². The van der Waals surface area contributed by atoms with E-state index in [9.17, 15) is 4.79 Å². The second-order valence-electron chi connectivity index (χ2n) is 4.44. The number of amides is 1. The first kappa shape index (κ1) is 13.8. The van der Waals surface area contributed by atoms with Crippen LogP contribution >= 0.6 is 0 Å². The Kier molecular flexibility index (Phi) is 5.22. The largest absolute Gasteiger partial charge is 0.468 e. The molecule has 0 aromatic carbocycles. The molecule has 2 N–H and O–H groups in total. The van der Waals surface area contributed by atoms with Crippen LogP contribution < -0.4 is 10.6 Å². The molecule has 0 radical (unpaired) electrons.